The zero-order chi connectivity index (χ0) is 22.5. The van der Waals surface area contributed by atoms with Crippen LogP contribution in [0.5, 0.6) is 0 Å². The Hall–Kier alpha value is -2.24. The molecule has 33 heavy (non-hydrogen) atoms. The summed E-state index contributed by atoms with van der Waals surface area (Å²) in [7, 11) is 0. The van der Waals surface area contributed by atoms with E-state index in [1.165, 1.54) is 50.9 Å². The summed E-state index contributed by atoms with van der Waals surface area (Å²) in [4.78, 5) is 22.4. The van der Waals surface area contributed by atoms with E-state index in [0.717, 1.165) is 43.0 Å². The van der Waals surface area contributed by atoms with Gasteiger partial charge in [-0.05, 0) is 81.1 Å². The Morgan fingerprint density at radius 1 is 1.03 bits per heavy atom. The number of likely N-dealkylation sites (tertiary alicyclic amines) is 1. The second kappa shape index (κ2) is 10.8. The first kappa shape index (κ1) is 22.5. The maximum absolute atomic E-state index is 12.5. The molecule has 0 saturated carbocycles. The van der Waals surface area contributed by atoms with Crippen LogP contribution in [0, 0.1) is 11.8 Å². The number of amides is 1. The van der Waals surface area contributed by atoms with Gasteiger partial charge in [-0.15, -0.1) is 0 Å². The lowest BCUT2D eigenvalue weighted by Crippen LogP contribution is -2.64. The smallest absolute Gasteiger partial charge is 0.220 e. The van der Waals surface area contributed by atoms with Gasteiger partial charge in [0.2, 0.25) is 5.91 Å². The third-order valence-electron chi connectivity index (χ3n) is 8.10. The zero-order valence-corrected chi connectivity index (χ0v) is 19.7. The van der Waals surface area contributed by atoms with Crippen LogP contribution in [0.3, 0.4) is 0 Å². The largest absolute Gasteiger partial charge is 0.350 e. The normalized spacial score (nSPS) is 27.6. The fraction of sp³-hybridized carbons (Fsp3) is 0.571. The minimum absolute atomic E-state index is 0.145. The number of nitrogens with one attached hydrogen (secondary N) is 1. The molecule has 3 aliphatic heterocycles. The number of hydrogen-bond donors (Lipinski definition) is 1. The predicted molar refractivity (Wildman–Crippen MR) is 131 cm³/mol. The average Bonchev–Trinajstić information content (AvgIpc) is 2.86. The molecule has 176 valence electrons. The Morgan fingerprint density at radius 2 is 1.85 bits per heavy atom. The Balaban J connectivity index is 1.22. The fourth-order valence-corrected chi connectivity index (χ4v) is 6.73. The van der Waals surface area contributed by atoms with E-state index < -0.39 is 0 Å². The van der Waals surface area contributed by atoms with E-state index in [2.05, 4.69) is 50.4 Å². The SMILES string of the molecule is O=C(CCC[C@@H]1[C@H]2CCCN3CCC[C@@H](CN1Cc1ccccc1)[C@@H]23)NCc1ccccn1. The summed E-state index contributed by atoms with van der Waals surface area (Å²) in [5, 5.41) is 3.05. The number of carbonyl (C=O) groups excluding carboxylic acids is 1. The van der Waals surface area contributed by atoms with Crippen LogP contribution in [-0.2, 0) is 17.9 Å². The Kier molecular flexibility index (Phi) is 7.37. The average molecular weight is 447 g/mol. The Labute approximate surface area is 198 Å². The van der Waals surface area contributed by atoms with Crippen molar-refractivity contribution >= 4 is 5.91 Å². The molecule has 1 N–H and O–H groups in total. The van der Waals surface area contributed by atoms with Crippen molar-refractivity contribution < 1.29 is 4.79 Å². The highest BCUT2D eigenvalue weighted by Crippen LogP contribution is 2.43. The predicted octanol–water partition coefficient (Wildman–Crippen LogP) is 4.24. The molecule has 2 aromatic rings. The van der Waals surface area contributed by atoms with Gasteiger partial charge in [0, 0.05) is 37.8 Å². The second-order valence-electron chi connectivity index (χ2n) is 10.2. The van der Waals surface area contributed by atoms with E-state index in [1.807, 2.05) is 18.2 Å². The van der Waals surface area contributed by atoms with Gasteiger partial charge in [-0.3, -0.25) is 19.6 Å². The summed E-state index contributed by atoms with van der Waals surface area (Å²) in [5.74, 6) is 1.70. The molecule has 3 saturated heterocycles. The first-order valence-electron chi connectivity index (χ1n) is 13.0. The van der Waals surface area contributed by atoms with E-state index in [1.54, 1.807) is 6.20 Å². The van der Waals surface area contributed by atoms with Gasteiger partial charge in [0.25, 0.3) is 0 Å². The molecular formula is C28H38N4O. The number of nitrogens with zero attached hydrogens (tertiary/aromatic N) is 3. The van der Waals surface area contributed by atoms with Crippen molar-refractivity contribution in [3.05, 3.63) is 66.0 Å². The zero-order valence-electron chi connectivity index (χ0n) is 19.7. The minimum Gasteiger partial charge on any atom is -0.350 e. The van der Waals surface area contributed by atoms with E-state index in [9.17, 15) is 4.79 Å². The molecule has 0 unspecified atom stereocenters. The number of pyridine rings is 1. The molecule has 0 spiro atoms. The molecule has 4 atom stereocenters. The van der Waals surface area contributed by atoms with Gasteiger partial charge in [0.05, 0.1) is 12.2 Å². The molecular weight excluding hydrogens is 408 g/mol. The number of piperidine rings is 3. The van der Waals surface area contributed by atoms with E-state index >= 15 is 0 Å². The number of hydrogen-bond acceptors (Lipinski definition) is 4. The van der Waals surface area contributed by atoms with Crippen molar-refractivity contribution in [3.63, 3.8) is 0 Å². The highest BCUT2D eigenvalue weighted by atomic mass is 16.1. The monoisotopic (exact) mass is 446 g/mol. The topological polar surface area (TPSA) is 48.5 Å². The number of aromatic nitrogens is 1. The fourth-order valence-electron chi connectivity index (χ4n) is 6.73. The lowest BCUT2D eigenvalue weighted by molar-refractivity contribution is -0.121. The molecule has 4 heterocycles. The molecule has 5 nitrogen and oxygen atoms in total. The number of carbonyl (C=O) groups is 1. The maximum Gasteiger partial charge on any atom is 0.220 e. The van der Waals surface area contributed by atoms with Crippen LogP contribution in [0.1, 0.15) is 56.2 Å². The summed E-state index contributed by atoms with van der Waals surface area (Å²) >= 11 is 0. The van der Waals surface area contributed by atoms with Gasteiger partial charge in [-0.1, -0.05) is 36.4 Å². The van der Waals surface area contributed by atoms with Crippen LogP contribution in [-0.4, -0.2) is 52.4 Å². The quantitative estimate of drug-likeness (QED) is 0.659. The van der Waals surface area contributed by atoms with E-state index in [0.29, 0.717) is 19.0 Å². The highest BCUT2D eigenvalue weighted by molar-refractivity contribution is 5.75. The maximum atomic E-state index is 12.5. The summed E-state index contributed by atoms with van der Waals surface area (Å²) < 4.78 is 0. The summed E-state index contributed by atoms with van der Waals surface area (Å²) in [5.41, 5.74) is 2.33. The van der Waals surface area contributed by atoms with Crippen LogP contribution in [0.25, 0.3) is 0 Å². The summed E-state index contributed by atoms with van der Waals surface area (Å²) in [6, 6.07) is 18.1. The standard InChI is InChI=1S/C28H38N4O/c33-27(30-19-24-12-4-5-16-29-24)15-6-14-26-25-13-8-18-31-17-7-11-23(28(25)31)21-32(26)20-22-9-2-1-3-10-22/h1-5,9-10,12,16,23,25-26,28H,6-8,11,13-15,17-21H2,(H,30,33)/t23-,25+,26+,28-/m0/s1. The minimum atomic E-state index is 0.145. The van der Waals surface area contributed by atoms with Crippen LogP contribution < -0.4 is 5.32 Å². The van der Waals surface area contributed by atoms with E-state index in [-0.39, 0.29) is 5.91 Å². The second-order valence-corrected chi connectivity index (χ2v) is 10.2. The van der Waals surface area contributed by atoms with Crippen LogP contribution in [0.4, 0.5) is 0 Å². The van der Waals surface area contributed by atoms with Crippen LogP contribution in [0.15, 0.2) is 54.7 Å². The third kappa shape index (κ3) is 5.47. The molecule has 3 fully saturated rings. The van der Waals surface area contributed by atoms with Crippen molar-refractivity contribution in [2.45, 2.75) is 70.1 Å². The van der Waals surface area contributed by atoms with Gasteiger partial charge in [0.1, 0.15) is 0 Å². The summed E-state index contributed by atoms with van der Waals surface area (Å²) in [6.45, 7) is 5.35. The Bertz CT molecular complexity index is 887. The molecule has 1 aromatic heterocycles. The molecule has 1 amide bonds. The van der Waals surface area contributed by atoms with Crippen molar-refractivity contribution in [3.8, 4) is 0 Å². The van der Waals surface area contributed by atoms with Gasteiger partial charge in [0.15, 0.2) is 0 Å². The highest BCUT2D eigenvalue weighted by Gasteiger charge is 2.48. The lowest BCUT2D eigenvalue weighted by Gasteiger charge is -2.57. The van der Waals surface area contributed by atoms with Gasteiger partial charge >= 0.3 is 0 Å². The van der Waals surface area contributed by atoms with Crippen molar-refractivity contribution in [2.75, 3.05) is 19.6 Å². The van der Waals surface area contributed by atoms with Crippen LogP contribution >= 0.6 is 0 Å². The first-order valence-corrected chi connectivity index (χ1v) is 13.0. The lowest BCUT2D eigenvalue weighted by atomic mass is 9.69. The van der Waals surface area contributed by atoms with Crippen molar-refractivity contribution in [2.24, 2.45) is 11.8 Å². The van der Waals surface area contributed by atoms with Gasteiger partial charge in [-0.2, -0.15) is 0 Å². The Morgan fingerprint density at radius 3 is 2.67 bits per heavy atom. The van der Waals surface area contributed by atoms with E-state index in [4.69, 9.17) is 0 Å². The molecule has 5 heteroatoms. The molecule has 5 rings (SSSR count). The number of benzene rings is 1. The third-order valence-corrected chi connectivity index (χ3v) is 8.10. The molecule has 0 radical (unpaired) electrons. The summed E-state index contributed by atoms with van der Waals surface area (Å²) in [6.07, 6.45) is 9.86. The molecule has 0 bridgehead atoms. The van der Waals surface area contributed by atoms with Crippen LogP contribution in [0.2, 0.25) is 0 Å². The van der Waals surface area contributed by atoms with Gasteiger partial charge in [-0.25, -0.2) is 0 Å². The molecule has 1 aromatic carbocycles. The van der Waals surface area contributed by atoms with Crippen molar-refractivity contribution in [1.82, 2.24) is 20.1 Å². The molecule has 0 aliphatic carbocycles. The van der Waals surface area contributed by atoms with Gasteiger partial charge < -0.3 is 5.32 Å². The van der Waals surface area contributed by atoms with Crippen molar-refractivity contribution in [1.29, 1.82) is 0 Å². The first-order chi connectivity index (χ1) is 16.3. The molecule has 3 aliphatic rings. The number of rotatable bonds is 8.